The van der Waals surface area contributed by atoms with Crippen LogP contribution in [0, 0.1) is 0 Å². The number of nitrogens with zero attached hydrogens (tertiary/aromatic N) is 1. The van der Waals surface area contributed by atoms with E-state index in [1.165, 1.54) is 25.7 Å². The topological polar surface area (TPSA) is 29.5 Å². The van der Waals surface area contributed by atoms with Crippen molar-refractivity contribution in [2.24, 2.45) is 0 Å². The standard InChI is InChI=1S/C14H21NO2/c1-2-17-9-14(16)15-12-5-6-13(15)8-11(7-12)10-3-4-10/h12-13H,2-9H2,1H3. The van der Waals surface area contributed by atoms with Crippen molar-refractivity contribution < 1.29 is 9.53 Å². The van der Waals surface area contributed by atoms with E-state index in [-0.39, 0.29) is 12.5 Å². The molecule has 0 N–H and O–H groups in total. The molecule has 3 heteroatoms. The van der Waals surface area contributed by atoms with Gasteiger partial charge in [-0.15, -0.1) is 0 Å². The van der Waals surface area contributed by atoms with E-state index in [4.69, 9.17) is 4.74 Å². The molecule has 0 aromatic heterocycles. The summed E-state index contributed by atoms with van der Waals surface area (Å²) in [6.45, 7) is 2.84. The molecular formula is C14H21NO2. The van der Waals surface area contributed by atoms with Crippen LogP contribution in [0.15, 0.2) is 11.1 Å². The minimum absolute atomic E-state index is 0.208. The number of rotatable bonds is 3. The Morgan fingerprint density at radius 3 is 2.41 bits per heavy atom. The van der Waals surface area contributed by atoms with E-state index in [1.54, 1.807) is 11.1 Å². The van der Waals surface area contributed by atoms with Crippen molar-refractivity contribution in [2.45, 2.75) is 57.5 Å². The second-order valence-electron chi connectivity index (χ2n) is 5.44. The van der Waals surface area contributed by atoms with Crippen LogP contribution in [0.25, 0.3) is 0 Å². The summed E-state index contributed by atoms with van der Waals surface area (Å²) in [5.41, 5.74) is 3.37. The summed E-state index contributed by atoms with van der Waals surface area (Å²) >= 11 is 0. The average Bonchev–Trinajstić information content (AvgIpc) is 3.13. The van der Waals surface area contributed by atoms with E-state index in [1.807, 2.05) is 6.92 Å². The minimum Gasteiger partial charge on any atom is -0.372 e. The Balaban J connectivity index is 1.68. The van der Waals surface area contributed by atoms with E-state index in [9.17, 15) is 4.79 Å². The van der Waals surface area contributed by atoms with Crippen molar-refractivity contribution in [3.05, 3.63) is 11.1 Å². The summed E-state index contributed by atoms with van der Waals surface area (Å²) in [4.78, 5) is 14.2. The third-order valence-electron chi connectivity index (χ3n) is 4.30. The third kappa shape index (κ3) is 2.13. The summed E-state index contributed by atoms with van der Waals surface area (Å²) in [7, 11) is 0. The van der Waals surface area contributed by atoms with Crippen LogP contribution >= 0.6 is 0 Å². The lowest BCUT2D eigenvalue weighted by atomic mass is 9.96. The fraction of sp³-hybridized carbons (Fsp3) is 0.786. The van der Waals surface area contributed by atoms with Crippen LogP contribution in [0.3, 0.4) is 0 Å². The van der Waals surface area contributed by atoms with Gasteiger partial charge in [0.2, 0.25) is 5.91 Å². The van der Waals surface area contributed by atoms with Gasteiger partial charge in [-0.05, 0) is 45.4 Å². The molecular weight excluding hydrogens is 214 g/mol. The van der Waals surface area contributed by atoms with Crippen molar-refractivity contribution >= 4 is 5.91 Å². The lowest BCUT2D eigenvalue weighted by molar-refractivity contribution is -0.139. The number of carbonyl (C=O) groups is 1. The first-order chi connectivity index (χ1) is 8.29. The van der Waals surface area contributed by atoms with E-state index < -0.39 is 0 Å². The first-order valence-electron chi connectivity index (χ1n) is 6.88. The van der Waals surface area contributed by atoms with E-state index in [2.05, 4.69) is 4.90 Å². The Morgan fingerprint density at radius 1 is 1.24 bits per heavy atom. The van der Waals surface area contributed by atoms with Crippen molar-refractivity contribution in [3.8, 4) is 0 Å². The molecule has 2 heterocycles. The highest BCUT2D eigenvalue weighted by atomic mass is 16.5. The van der Waals surface area contributed by atoms with E-state index >= 15 is 0 Å². The van der Waals surface area contributed by atoms with Crippen LogP contribution in [0.4, 0.5) is 0 Å². The maximum Gasteiger partial charge on any atom is 0.249 e. The van der Waals surface area contributed by atoms with Gasteiger partial charge in [-0.1, -0.05) is 11.1 Å². The van der Waals surface area contributed by atoms with Gasteiger partial charge in [0.15, 0.2) is 0 Å². The molecule has 0 aromatic rings. The van der Waals surface area contributed by atoms with Gasteiger partial charge in [0.1, 0.15) is 6.61 Å². The molecule has 1 amide bonds. The summed E-state index contributed by atoms with van der Waals surface area (Å²) in [6.07, 6.45) is 7.31. The molecule has 2 unspecified atom stereocenters. The normalized spacial score (nSPS) is 31.0. The number of carbonyl (C=O) groups excluding carboxylic acids is 1. The molecule has 17 heavy (non-hydrogen) atoms. The fourth-order valence-electron chi connectivity index (χ4n) is 3.39. The molecule has 0 spiro atoms. The molecule has 1 saturated carbocycles. The molecule has 2 atom stereocenters. The molecule has 3 rings (SSSR count). The van der Waals surface area contributed by atoms with E-state index in [0.717, 1.165) is 12.8 Å². The molecule has 0 radical (unpaired) electrons. The number of hydrogen-bond acceptors (Lipinski definition) is 2. The Labute approximate surface area is 103 Å². The summed E-state index contributed by atoms with van der Waals surface area (Å²) in [5.74, 6) is 0.208. The molecule has 2 bridgehead atoms. The van der Waals surface area contributed by atoms with Gasteiger partial charge in [-0.3, -0.25) is 4.79 Å². The summed E-state index contributed by atoms with van der Waals surface area (Å²) in [5, 5.41) is 0. The Bertz CT molecular complexity index is 339. The van der Waals surface area contributed by atoms with Crippen molar-refractivity contribution in [2.75, 3.05) is 13.2 Å². The molecule has 2 saturated heterocycles. The summed E-state index contributed by atoms with van der Waals surface area (Å²) < 4.78 is 5.26. The Morgan fingerprint density at radius 2 is 1.88 bits per heavy atom. The van der Waals surface area contributed by atoms with Crippen LogP contribution in [0.5, 0.6) is 0 Å². The van der Waals surface area contributed by atoms with Crippen LogP contribution in [0.2, 0.25) is 0 Å². The van der Waals surface area contributed by atoms with Crippen molar-refractivity contribution in [3.63, 3.8) is 0 Å². The number of amides is 1. The number of hydrogen-bond donors (Lipinski definition) is 0. The zero-order valence-electron chi connectivity index (χ0n) is 10.6. The highest BCUT2D eigenvalue weighted by Crippen LogP contribution is 2.44. The van der Waals surface area contributed by atoms with Gasteiger partial charge in [-0.25, -0.2) is 0 Å². The summed E-state index contributed by atoms with van der Waals surface area (Å²) in [6, 6.07) is 0.953. The number of ether oxygens (including phenoxy) is 1. The fourth-order valence-corrected chi connectivity index (χ4v) is 3.39. The number of fused-ring (bicyclic) bond motifs is 2. The van der Waals surface area contributed by atoms with Gasteiger partial charge in [0.05, 0.1) is 0 Å². The number of allylic oxidation sites excluding steroid dienone is 1. The number of piperidine rings is 1. The second kappa shape index (κ2) is 4.45. The quantitative estimate of drug-likeness (QED) is 0.702. The van der Waals surface area contributed by atoms with Crippen LogP contribution in [0.1, 0.15) is 45.4 Å². The molecule has 3 fully saturated rings. The lowest BCUT2D eigenvalue weighted by Crippen LogP contribution is -2.46. The monoisotopic (exact) mass is 235 g/mol. The first kappa shape index (κ1) is 11.3. The molecule has 0 aromatic carbocycles. The van der Waals surface area contributed by atoms with Crippen molar-refractivity contribution in [1.29, 1.82) is 0 Å². The molecule has 2 aliphatic heterocycles. The van der Waals surface area contributed by atoms with Crippen LogP contribution in [-0.4, -0.2) is 36.1 Å². The maximum absolute atomic E-state index is 12.1. The van der Waals surface area contributed by atoms with Crippen LogP contribution < -0.4 is 0 Å². The molecule has 1 aliphatic carbocycles. The van der Waals surface area contributed by atoms with Gasteiger partial charge >= 0.3 is 0 Å². The smallest absolute Gasteiger partial charge is 0.249 e. The highest BCUT2D eigenvalue weighted by molar-refractivity contribution is 5.78. The van der Waals surface area contributed by atoms with Crippen LogP contribution in [-0.2, 0) is 9.53 Å². The highest BCUT2D eigenvalue weighted by Gasteiger charge is 2.42. The van der Waals surface area contributed by atoms with Gasteiger partial charge < -0.3 is 9.64 Å². The van der Waals surface area contributed by atoms with Gasteiger partial charge in [0.25, 0.3) is 0 Å². The third-order valence-corrected chi connectivity index (χ3v) is 4.30. The van der Waals surface area contributed by atoms with Gasteiger partial charge in [0, 0.05) is 18.7 Å². The second-order valence-corrected chi connectivity index (χ2v) is 5.44. The molecule has 3 nitrogen and oxygen atoms in total. The zero-order chi connectivity index (χ0) is 11.8. The Hall–Kier alpha value is -0.830. The molecule has 3 aliphatic rings. The maximum atomic E-state index is 12.1. The SMILES string of the molecule is CCOCC(=O)N1C2CCC1CC(=C1CC1)C2. The predicted molar refractivity (Wildman–Crippen MR) is 65.6 cm³/mol. The Kier molecular flexibility index (Phi) is 2.95. The zero-order valence-corrected chi connectivity index (χ0v) is 10.6. The predicted octanol–water partition coefficient (Wildman–Crippen LogP) is 2.27. The largest absolute Gasteiger partial charge is 0.372 e. The average molecular weight is 235 g/mol. The molecule has 94 valence electrons. The lowest BCUT2D eigenvalue weighted by Gasteiger charge is -2.36. The van der Waals surface area contributed by atoms with Gasteiger partial charge in [-0.2, -0.15) is 0 Å². The van der Waals surface area contributed by atoms with E-state index in [0.29, 0.717) is 18.7 Å². The van der Waals surface area contributed by atoms with Crippen molar-refractivity contribution in [1.82, 2.24) is 4.90 Å². The first-order valence-corrected chi connectivity index (χ1v) is 6.88. The minimum atomic E-state index is 0.208.